The van der Waals surface area contributed by atoms with Gasteiger partial charge < -0.3 is 5.11 Å². The third-order valence-electron chi connectivity index (χ3n) is 0.956. The Morgan fingerprint density at radius 2 is 2.36 bits per heavy atom. The van der Waals surface area contributed by atoms with Crippen LogP contribution in [0.15, 0.2) is 4.34 Å². The molecule has 1 aromatic rings. The summed E-state index contributed by atoms with van der Waals surface area (Å²) in [6, 6.07) is 0. The van der Waals surface area contributed by atoms with Crippen LogP contribution in [0, 0.1) is 6.92 Å². The van der Waals surface area contributed by atoms with Gasteiger partial charge in [0.25, 0.3) is 0 Å². The van der Waals surface area contributed by atoms with Crippen molar-refractivity contribution in [3.8, 4) is 0 Å². The van der Waals surface area contributed by atoms with Gasteiger partial charge in [0, 0.05) is 5.75 Å². The van der Waals surface area contributed by atoms with Crippen molar-refractivity contribution in [1.29, 1.82) is 0 Å². The van der Waals surface area contributed by atoms with E-state index in [0.29, 0.717) is 5.75 Å². The van der Waals surface area contributed by atoms with Crippen molar-refractivity contribution < 1.29 is 5.11 Å². The summed E-state index contributed by atoms with van der Waals surface area (Å²) in [5, 5.41) is 17.7. The lowest BCUT2D eigenvalue weighted by atomic mass is 10.5. The molecule has 62 valence electrons. The summed E-state index contributed by atoms with van der Waals surface area (Å²) in [6.07, 6.45) is -0.274. The summed E-state index contributed by atoms with van der Waals surface area (Å²) in [7, 11) is 0. The molecule has 0 aliphatic rings. The first-order valence-electron chi connectivity index (χ1n) is 3.29. The van der Waals surface area contributed by atoms with Gasteiger partial charge in [0.2, 0.25) is 0 Å². The minimum atomic E-state index is -0.274. The molecule has 0 aliphatic heterocycles. The van der Waals surface area contributed by atoms with Crippen LogP contribution >= 0.6 is 23.1 Å². The number of nitrogens with zero attached hydrogens (tertiary/aromatic N) is 2. The molecule has 0 saturated carbocycles. The summed E-state index contributed by atoms with van der Waals surface area (Å²) in [5.74, 6) is 0.689. The fourth-order valence-corrected chi connectivity index (χ4v) is 2.23. The Labute approximate surface area is 73.9 Å². The number of rotatable bonds is 3. The van der Waals surface area contributed by atoms with Gasteiger partial charge in [0.15, 0.2) is 4.34 Å². The summed E-state index contributed by atoms with van der Waals surface area (Å²) in [6.45, 7) is 3.69. The number of hydrogen-bond donors (Lipinski definition) is 1. The fraction of sp³-hybridized carbons (Fsp3) is 0.667. The summed E-state index contributed by atoms with van der Waals surface area (Å²) < 4.78 is 0.934. The Hall–Kier alpha value is -0.130. The molecule has 5 heteroatoms. The first-order chi connectivity index (χ1) is 5.18. The van der Waals surface area contributed by atoms with Crippen LogP contribution in [-0.2, 0) is 0 Å². The van der Waals surface area contributed by atoms with E-state index in [-0.39, 0.29) is 6.10 Å². The maximum absolute atomic E-state index is 8.96. The van der Waals surface area contributed by atoms with Crippen molar-refractivity contribution in [1.82, 2.24) is 10.2 Å². The van der Waals surface area contributed by atoms with Crippen LogP contribution in [0.3, 0.4) is 0 Å². The van der Waals surface area contributed by atoms with E-state index in [4.69, 9.17) is 5.11 Å². The highest BCUT2D eigenvalue weighted by Crippen LogP contribution is 2.21. The number of thioether (sulfide) groups is 1. The van der Waals surface area contributed by atoms with Gasteiger partial charge >= 0.3 is 0 Å². The second kappa shape index (κ2) is 4.04. The van der Waals surface area contributed by atoms with Crippen LogP contribution in [-0.4, -0.2) is 27.2 Å². The normalized spacial score (nSPS) is 13.4. The molecule has 0 aliphatic carbocycles. The zero-order valence-electron chi connectivity index (χ0n) is 6.44. The molecule has 0 bridgehead atoms. The Morgan fingerprint density at radius 1 is 1.64 bits per heavy atom. The van der Waals surface area contributed by atoms with Crippen LogP contribution < -0.4 is 0 Å². The molecule has 1 heterocycles. The maximum Gasteiger partial charge on any atom is 0.174 e. The second-order valence-corrected chi connectivity index (χ2v) is 4.70. The molecule has 0 spiro atoms. The van der Waals surface area contributed by atoms with Gasteiger partial charge in [0.05, 0.1) is 6.10 Å². The lowest BCUT2D eigenvalue weighted by molar-refractivity contribution is 0.220. The Morgan fingerprint density at radius 3 is 2.82 bits per heavy atom. The molecule has 0 fully saturated rings. The highest BCUT2D eigenvalue weighted by Gasteiger charge is 2.02. The molecule has 0 aromatic carbocycles. The van der Waals surface area contributed by atoms with Crippen LogP contribution in [0.4, 0.5) is 0 Å². The molecule has 11 heavy (non-hydrogen) atoms. The first kappa shape index (κ1) is 8.96. The van der Waals surface area contributed by atoms with Crippen molar-refractivity contribution in [3.63, 3.8) is 0 Å². The zero-order valence-corrected chi connectivity index (χ0v) is 8.08. The predicted octanol–water partition coefficient (Wildman–Crippen LogP) is 1.32. The van der Waals surface area contributed by atoms with E-state index in [1.54, 1.807) is 30.0 Å². The third-order valence-corrected chi connectivity index (χ3v) is 3.17. The molecule has 1 atom stereocenters. The molecule has 3 nitrogen and oxygen atoms in total. The minimum absolute atomic E-state index is 0.274. The Balaban J connectivity index is 2.39. The van der Waals surface area contributed by atoms with Gasteiger partial charge in [-0.1, -0.05) is 23.1 Å². The lowest BCUT2D eigenvalue weighted by Crippen LogP contribution is -2.01. The van der Waals surface area contributed by atoms with E-state index < -0.39 is 0 Å². The first-order valence-corrected chi connectivity index (χ1v) is 5.09. The molecule has 0 unspecified atom stereocenters. The largest absolute Gasteiger partial charge is 0.393 e. The average Bonchev–Trinajstić information content (AvgIpc) is 2.31. The second-order valence-electron chi connectivity index (χ2n) is 2.25. The van der Waals surface area contributed by atoms with Crippen LogP contribution in [0.5, 0.6) is 0 Å². The molecule has 0 amide bonds. The third kappa shape index (κ3) is 3.18. The van der Waals surface area contributed by atoms with Gasteiger partial charge in [-0.25, -0.2) is 0 Å². The molecule has 0 saturated heterocycles. The summed E-state index contributed by atoms with van der Waals surface area (Å²) >= 11 is 3.10. The number of aliphatic hydroxyl groups excluding tert-OH is 1. The van der Waals surface area contributed by atoms with Crippen LogP contribution in [0.25, 0.3) is 0 Å². The van der Waals surface area contributed by atoms with Crippen molar-refractivity contribution in [2.24, 2.45) is 0 Å². The number of aliphatic hydroxyl groups is 1. The highest BCUT2D eigenvalue weighted by atomic mass is 32.2. The van der Waals surface area contributed by atoms with Crippen molar-refractivity contribution >= 4 is 23.1 Å². The van der Waals surface area contributed by atoms with Gasteiger partial charge in [-0.15, -0.1) is 10.2 Å². The van der Waals surface area contributed by atoms with Crippen LogP contribution in [0.2, 0.25) is 0 Å². The lowest BCUT2D eigenvalue weighted by Gasteiger charge is -1.98. The Bertz CT molecular complexity index is 224. The predicted molar refractivity (Wildman–Crippen MR) is 47.1 cm³/mol. The van der Waals surface area contributed by atoms with Crippen LogP contribution in [0.1, 0.15) is 11.9 Å². The average molecular weight is 190 g/mol. The van der Waals surface area contributed by atoms with E-state index in [1.807, 2.05) is 6.92 Å². The van der Waals surface area contributed by atoms with Crippen molar-refractivity contribution in [3.05, 3.63) is 5.01 Å². The summed E-state index contributed by atoms with van der Waals surface area (Å²) in [5.41, 5.74) is 0. The van der Waals surface area contributed by atoms with Crippen molar-refractivity contribution in [2.75, 3.05) is 5.75 Å². The smallest absolute Gasteiger partial charge is 0.174 e. The topological polar surface area (TPSA) is 46.0 Å². The molecule has 1 aromatic heterocycles. The van der Waals surface area contributed by atoms with Gasteiger partial charge in [0.1, 0.15) is 5.01 Å². The molecule has 1 rings (SSSR count). The zero-order chi connectivity index (χ0) is 8.27. The number of aromatic nitrogens is 2. The SMILES string of the molecule is Cc1nnc(SC[C@H](C)O)s1. The quantitative estimate of drug-likeness (QED) is 0.730. The summed E-state index contributed by atoms with van der Waals surface area (Å²) in [4.78, 5) is 0. The number of hydrogen-bond acceptors (Lipinski definition) is 5. The minimum Gasteiger partial charge on any atom is -0.393 e. The fourth-order valence-electron chi connectivity index (χ4n) is 0.529. The van der Waals surface area contributed by atoms with Gasteiger partial charge in [-0.3, -0.25) is 0 Å². The monoisotopic (exact) mass is 190 g/mol. The van der Waals surface area contributed by atoms with E-state index in [1.165, 1.54) is 0 Å². The van der Waals surface area contributed by atoms with E-state index in [9.17, 15) is 0 Å². The Kier molecular flexibility index (Phi) is 3.29. The molecular formula is C6H10N2OS2. The highest BCUT2D eigenvalue weighted by molar-refractivity contribution is 8.01. The van der Waals surface area contributed by atoms with Gasteiger partial charge in [-0.2, -0.15) is 0 Å². The van der Waals surface area contributed by atoms with Gasteiger partial charge in [-0.05, 0) is 13.8 Å². The van der Waals surface area contributed by atoms with E-state index in [0.717, 1.165) is 9.35 Å². The van der Waals surface area contributed by atoms with E-state index in [2.05, 4.69) is 10.2 Å². The number of aryl methyl sites for hydroxylation is 1. The maximum atomic E-state index is 8.96. The molecular weight excluding hydrogens is 180 g/mol. The van der Waals surface area contributed by atoms with E-state index >= 15 is 0 Å². The molecule has 1 N–H and O–H groups in total. The van der Waals surface area contributed by atoms with Crippen molar-refractivity contribution in [2.45, 2.75) is 24.3 Å². The molecule has 0 radical (unpaired) electrons. The standard InChI is InChI=1S/C6H10N2OS2/c1-4(9)3-10-6-8-7-5(2)11-6/h4,9H,3H2,1-2H3/t4-/m0/s1.